The van der Waals surface area contributed by atoms with Gasteiger partial charge < -0.3 is 5.32 Å². The molecule has 1 rings (SSSR count). The first-order chi connectivity index (χ1) is 5.41. The molecular formula is C7H16N2O2S. The Morgan fingerprint density at radius 2 is 2.00 bits per heavy atom. The predicted octanol–water partition coefficient (Wildman–Crippen LogP) is -0.372. The third-order valence-corrected chi connectivity index (χ3v) is 3.49. The van der Waals surface area contributed by atoms with Gasteiger partial charge in [0.25, 0.3) is 0 Å². The molecule has 4 nitrogen and oxygen atoms in total. The van der Waals surface area contributed by atoms with Crippen molar-refractivity contribution in [3.05, 3.63) is 0 Å². The second kappa shape index (κ2) is 3.32. The highest BCUT2D eigenvalue weighted by atomic mass is 32.2. The average molecular weight is 192 g/mol. The van der Waals surface area contributed by atoms with Gasteiger partial charge >= 0.3 is 0 Å². The molecule has 0 radical (unpaired) electrons. The number of hydrogen-bond donors (Lipinski definition) is 1. The molecule has 1 aliphatic heterocycles. The van der Waals surface area contributed by atoms with Crippen LogP contribution in [0, 0.1) is 0 Å². The fourth-order valence-electron chi connectivity index (χ4n) is 1.45. The van der Waals surface area contributed by atoms with E-state index in [4.69, 9.17) is 0 Å². The highest BCUT2D eigenvalue weighted by Gasteiger charge is 2.28. The molecule has 1 saturated heterocycles. The topological polar surface area (TPSA) is 49.4 Å². The third kappa shape index (κ3) is 2.18. The van der Waals surface area contributed by atoms with Crippen LogP contribution in [0.3, 0.4) is 0 Å². The monoisotopic (exact) mass is 192 g/mol. The quantitative estimate of drug-likeness (QED) is 0.616. The molecule has 0 spiro atoms. The van der Waals surface area contributed by atoms with Crippen molar-refractivity contribution in [2.75, 3.05) is 19.3 Å². The Bertz CT molecular complexity index is 250. The molecule has 2 atom stereocenters. The van der Waals surface area contributed by atoms with Crippen LogP contribution in [-0.2, 0) is 10.0 Å². The molecule has 1 fully saturated rings. The molecule has 0 amide bonds. The molecule has 0 saturated carbocycles. The summed E-state index contributed by atoms with van der Waals surface area (Å²) >= 11 is 0. The lowest BCUT2D eigenvalue weighted by Gasteiger charge is -2.35. The second-order valence-electron chi connectivity index (χ2n) is 3.49. The average Bonchev–Trinajstić information content (AvgIpc) is 1.92. The maximum absolute atomic E-state index is 11.2. The number of sulfonamides is 1. The van der Waals surface area contributed by atoms with E-state index in [1.807, 2.05) is 13.8 Å². The van der Waals surface area contributed by atoms with E-state index in [2.05, 4.69) is 5.32 Å². The normalized spacial score (nSPS) is 33.6. The van der Waals surface area contributed by atoms with Crippen molar-refractivity contribution < 1.29 is 8.42 Å². The smallest absolute Gasteiger partial charge is 0.211 e. The van der Waals surface area contributed by atoms with Gasteiger partial charge in [0, 0.05) is 25.2 Å². The zero-order valence-electron chi connectivity index (χ0n) is 7.74. The Morgan fingerprint density at radius 3 is 2.42 bits per heavy atom. The number of nitrogens with zero attached hydrogens (tertiary/aromatic N) is 1. The van der Waals surface area contributed by atoms with Gasteiger partial charge in [-0.25, -0.2) is 8.42 Å². The summed E-state index contributed by atoms with van der Waals surface area (Å²) in [5.41, 5.74) is 0. The molecule has 0 aromatic carbocycles. The van der Waals surface area contributed by atoms with Crippen LogP contribution in [-0.4, -0.2) is 44.2 Å². The van der Waals surface area contributed by atoms with Crippen LogP contribution in [0.4, 0.5) is 0 Å². The number of nitrogens with one attached hydrogen (secondary N) is 1. The molecule has 5 heteroatoms. The van der Waals surface area contributed by atoms with Crippen LogP contribution in [0.5, 0.6) is 0 Å². The van der Waals surface area contributed by atoms with Crippen molar-refractivity contribution in [1.29, 1.82) is 0 Å². The van der Waals surface area contributed by atoms with Crippen LogP contribution < -0.4 is 5.32 Å². The zero-order chi connectivity index (χ0) is 9.35. The zero-order valence-corrected chi connectivity index (χ0v) is 8.56. The minimum Gasteiger partial charge on any atom is -0.311 e. The SMILES string of the molecule is C[C@@H]1CN(S(C)(=O)=O)[C@@H](C)CN1. The number of rotatable bonds is 1. The Kier molecular flexibility index (Phi) is 2.75. The second-order valence-corrected chi connectivity index (χ2v) is 5.43. The lowest BCUT2D eigenvalue weighted by atomic mass is 10.2. The third-order valence-electron chi connectivity index (χ3n) is 2.13. The van der Waals surface area contributed by atoms with Crippen LogP contribution in [0.15, 0.2) is 0 Å². The van der Waals surface area contributed by atoms with E-state index in [-0.39, 0.29) is 12.1 Å². The Balaban J connectivity index is 2.74. The molecular weight excluding hydrogens is 176 g/mol. The van der Waals surface area contributed by atoms with Crippen LogP contribution in [0.2, 0.25) is 0 Å². The lowest BCUT2D eigenvalue weighted by Crippen LogP contribution is -2.55. The first kappa shape index (κ1) is 9.95. The predicted molar refractivity (Wildman–Crippen MR) is 48.5 cm³/mol. The standard InChI is InChI=1S/C7H16N2O2S/c1-6-5-9(12(3,10)11)7(2)4-8-6/h6-8H,4-5H2,1-3H3/t6-,7+/m1/s1. The van der Waals surface area contributed by atoms with Crippen molar-refractivity contribution in [2.45, 2.75) is 25.9 Å². The van der Waals surface area contributed by atoms with E-state index in [0.29, 0.717) is 6.54 Å². The van der Waals surface area contributed by atoms with Crippen LogP contribution >= 0.6 is 0 Å². The molecule has 1 heterocycles. The van der Waals surface area contributed by atoms with Crippen LogP contribution in [0.25, 0.3) is 0 Å². The highest BCUT2D eigenvalue weighted by molar-refractivity contribution is 7.88. The summed E-state index contributed by atoms with van der Waals surface area (Å²) in [5.74, 6) is 0. The maximum Gasteiger partial charge on any atom is 0.211 e. The van der Waals surface area contributed by atoms with Gasteiger partial charge in [0.2, 0.25) is 10.0 Å². The first-order valence-corrected chi connectivity index (χ1v) is 5.96. The fraction of sp³-hybridized carbons (Fsp3) is 1.00. The molecule has 1 N–H and O–H groups in total. The van der Waals surface area contributed by atoms with Gasteiger partial charge in [-0.05, 0) is 13.8 Å². The minimum absolute atomic E-state index is 0.0798. The van der Waals surface area contributed by atoms with Gasteiger partial charge in [0.05, 0.1) is 6.26 Å². The van der Waals surface area contributed by atoms with Crippen molar-refractivity contribution in [1.82, 2.24) is 9.62 Å². The van der Waals surface area contributed by atoms with E-state index < -0.39 is 10.0 Å². The first-order valence-electron chi connectivity index (χ1n) is 4.11. The summed E-state index contributed by atoms with van der Waals surface area (Å²) in [6.07, 6.45) is 1.27. The molecule has 12 heavy (non-hydrogen) atoms. The molecule has 0 aliphatic carbocycles. The lowest BCUT2D eigenvalue weighted by molar-refractivity contribution is 0.246. The summed E-state index contributed by atoms with van der Waals surface area (Å²) in [7, 11) is -3.01. The van der Waals surface area contributed by atoms with E-state index >= 15 is 0 Å². The number of piperazine rings is 1. The molecule has 0 aromatic rings. The molecule has 0 unspecified atom stereocenters. The summed E-state index contributed by atoms with van der Waals surface area (Å²) in [6.45, 7) is 5.23. The van der Waals surface area contributed by atoms with Gasteiger partial charge in [-0.1, -0.05) is 0 Å². The fourth-order valence-corrected chi connectivity index (χ4v) is 2.67. The van der Waals surface area contributed by atoms with E-state index in [9.17, 15) is 8.42 Å². The van der Waals surface area contributed by atoms with E-state index in [0.717, 1.165) is 6.54 Å². The Labute approximate surface area is 74.0 Å². The summed E-state index contributed by atoms with van der Waals surface area (Å²) in [6, 6.07) is 0.340. The Hall–Kier alpha value is -0.130. The van der Waals surface area contributed by atoms with Gasteiger partial charge in [0.1, 0.15) is 0 Å². The Morgan fingerprint density at radius 1 is 1.42 bits per heavy atom. The maximum atomic E-state index is 11.2. The molecule has 0 aromatic heterocycles. The van der Waals surface area contributed by atoms with Crippen molar-refractivity contribution in [3.8, 4) is 0 Å². The summed E-state index contributed by atoms with van der Waals surface area (Å²) in [4.78, 5) is 0. The molecule has 0 bridgehead atoms. The van der Waals surface area contributed by atoms with Gasteiger partial charge in [-0.15, -0.1) is 0 Å². The molecule has 72 valence electrons. The van der Waals surface area contributed by atoms with E-state index in [1.165, 1.54) is 6.26 Å². The largest absolute Gasteiger partial charge is 0.311 e. The van der Waals surface area contributed by atoms with Gasteiger partial charge in [-0.3, -0.25) is 0 Å². The summed E-state index contributed by atoms with van der Waals surface area (Å²) in [5, 5.41) is 3.23. The van der Waals surface area contributed by atoms with Crippen molar-refractivity contribution >= 4 is 10.0 Å². The van der Waals surface area contributed by atoms with Gasteiger partial charge in [-0.2, -0.15) is 4.31 Å². The van der Waals surface area contributed by atoms with Crippen molar-refractivity contribution in [2.24, 2.45) is 0 Å². The van der Waals surface area contributed by atoms with Crippen LogP contribution in [0.1, 0.15) is 13.8 Å². The minimum atomic E-state index is -3.01. The highest BCUT2D eigenvalue weighted by Crippen LogP contribution is 2.10. The van der Waals surface area contributed by atoms with E-state index in [1.54, 1.807) is 4.31 Å². The summed E-state index contributed by atoms with van der Waals surface area (Å²) < 4.78 is 24.0. The number of hydrogen-bond acceptors (Lipinski definition) is 3. The van der Waals surface area contributed by atoms with Crippen molar-refractivity contribution in [3.63, 3.8) is 0 Å². The molecule has 1 aliphatic rings. The van der Waals surface area contributed by atoms with Gasteiger partial charge in [0.15, 0.2) is 0 Å².